The molecule has 0 amide bonds. The molecule has 0 saturated carbocycles. The van der Waals surface area contributed by atoms with Gasteiger partial charge in [0.15, 0.2) is 12.1 Å². The molecule has 2 fully saturated rings. The summed E-state index contributed by atoms with van der Waals surface area (Å²) < 4.78 is 16.7. The summed E-state index contributed by atoms with van der Waals surface area (Å²) in [5, 5.41) is 8.99. The summed E-state index contributed by atoms with van der Waals surface area (Å²) in [7, 11) is 0. The van der Waals surface area contributed by atoms with Crippen LogP contribution < -0.4 is 0 Å². The maximum Gasteiger partial charge on any atom is 0.187 e. The number of ether oxygens (including phenoxy) is 3. The molecule has 2 aliphatic rings. The Morgan fingerprint density at radius 3 is 2.54 bits per heavy atom. The van der Waals surface area contributed by atoms with Crippen LogP contribution in [0.25, 0.3) is 0 Å². The molecular formula is C9H16O4. The highest BCUT2D eigenvalue weighted by Gasteiger charge is 2.52. The summed E-state index contributed by atoms with van der Waals surface area (Å²) in [6.45, 7) is 5.78. The zero-order chi connectivity index (χ0) is 9.64. The van der Waals surface area contributed by atoms with Crippen LogP contribution in [0.5, 0.6) is 0 Å². The lowest BCUT2D eigenvalue weighted by Crippen LogP contribution is -2.30. The minimum Gasteiger partial charge on any atom is -0.394 e. The quantitative estimate of drug-likeness (QED) is 0.650. The van der Waals surface area contributed by atoms with Crippen LogP contribution in [0.15, 0.2) is 0 Å². The number of hydrogen-bond acceptors (Lipinski definition) is 4. The molecule has 0 bridgehead atoms. The van der Waals surface area contributed by atoms with Gasteiger partial charge in [0.2, 0.25) is 0 Å². The number of hydrogen-bond donors (Lipinski definition) is 1. The van der Waals surface area contributed by atoms with Crippen LogP contribution in [0.2, 0.25) is 0 Å². The molecule has 13 heavy (non-hydrogen) atoms. The lowest BCUT2D eigenvalue weighted by Gasteiger charge is -2.22. The third-order valence-electron chi connectivity index (χ3n) is 2.68. The molecule has 76 valence electrons. The van der Waals surface area contributed by atoms with Crippen LogP contribution in [0, 0.1) is 5.92 Å². The molecule has 4 atom stereocenters. The van der Waals surface area contributed by atoms with Gasteiger partial charge in [0.05, 0.1) is 12.7 Å². The number of aliphatic hydroxyl groups is 1. The standard InChI is InChI=1S/C9H16O4/c1-5-6(4-10)11-8-7(5)12-9(2,3)13-8/h5-8,10H,4H2,1-3H3/t5-,6+,7?,8-/m0/s1. The lowest BCUT2D eigenvalue weighted by atomic mass is 10.0. The van der Waals surface area contributed by atoms with Gasteiger partial charge in [0.1, 0.15) is 6.10 Å². The van der Waals surface area contributed by atoms with Gasteiger partial charge >= 0.3 is 0 Å². The fourth-order valence-electron chi connectivity index (χ4n) is 1.94. The van der Waals surface area contributed by atoms with Crippen molar-refractivity contribution in [1.82, 2.24) is 0 Å². The van der Waals surface area contributed by atoms with Gasteiger partial charge < -0.3 is 19.3 Å². The van der Waals surface area contributed by atoms with Gasteiger partial charge in [-0.3, -0.25) is 0 Å². The van der Waals surface area contributed by atoms with Crippen LogP contribution >= 0.6 is 0 Å². The summed E-state index contributed by atoms with van der Waals surface area (Å²) in [5.41, 5.74) is 0. The van der Waals surface area contributed by atoms with Gasteiger partial charge in [-0.15, -0.1) is 0 Å². The van der Waals surface area contributed by atoms with Gasteiger partial charge in [0, 0.05) is 5.92 Å². The van der Waals surface area contributed by atoms with E-state index in [9.17, 15) is 0 Å². The zero-order valence-electron chi connectivity index (χ0n) is 8.19. The van der Waals surface area contributed by atoms with Gasteiger partial charge in [-0.05, 0) is 13.8 Å². The molecule has 0 aromatic carbocycles. The Morgan fingerprint density at radius 2 is 2.00 bits per heavy atom. The number of fused-ring (bicyclic) bond motifs is 1. The second-order valence-electron chi connectivity index (χ2n) is 4.18. The minimum atomic E-state index is -0.552. The highest BCUT2D eigenvalue weighted by Crippen LogP contribution is 2.40. The highest BCUT2D eigenvalue weighted by molar-refractivity contribution is 4.90. The van der Waals surface area contributed by atoms with E-state index in [0.29, 0.717) is 0 Å². The van der Waals surface area contributed by atoms with E-state index in [1.54, 1.807) is 0 Å². The smallest absolute Gasteiger partial charge is 0.187 e. The Hall–Kier alpha value is -0.160. The Morgan fingerprint density at radius 1 is 1.31 bits per heavy atom. The van der Waals surface area contributed by atoms with Crippen LogP contribution in [0.3, 0.4) is 0 Å². The fraction of sp³-hybridized carbons (Fsp3) is 1.00. The normalized spacial score (nSPS) is 48.0. The lowest BCUT2D eigenvalue weighted by molar-refractivity contribution is -0.212. The van der Waals surface area contributed by atoms with Crippen molar-refractivity contribution in [2.75, 3.05) is 6.61 Å². The molecule has 2 heterocycles. The summed E-state index contributed by atoms with van der Waals surface area (Å²) in [4.78, 5) is 0. The van der Waals surface area contributed by atoms with E-state index in [2.05, 4.69) is 0 Å². The molecule has 2 aliphatic heterocycles. The molecule has 0 aromatic rings. The van der Waals surface area contributed by atoms with Crippen molar-refractivity contribution in [2.24, 2.45) is 5.92 Å². The molecule has 4 nitrogen and oxygen atoms in total. The van der Waals surface area contributed by atoms with Crippen LogP contribution in [0.4, 0.5) is 0 Å². The Labute approximate surface area is 77.8 Å². The Balaban J connectivity index is 2.07. The maximum absolute atomic E-state index is 8.99. The first-order valence-corrected chi connectivity index (χ1v) is 4.65. The molecule has 0 radical (unpaired) electrons. The van der Waals surface area contributed by atoms with Crippen molar-refractivity contribution in [2.45, 2.75) is 45.1 Å². The molecule has 2 rings (SSSR count). The first-order chi connectivity index (χ1) is 6.03. The summed E-state index contributed by atoms with van der Waals surface area (Å²) in [6.07, 6.45) is -0.486. The molecule has 4 heteroatoms. The van der Waals surface area contributed by atoms with E-state index in [0.717, 1.165) is 0 Å². The third kappa shape index (κ3) is 1.48. The fourth-order valence-corrected chi connectivity index (χ4v) is 1.94. The van der Waals surface area contributed by atoms with Crippen molar-refractivity contribution < 1.29 is 19.3 Å². The van der Waals surface area contributed by atoms with Crippen molar-refractivity contribution >= 4 is 0 Å². The summed E-state index contributed by atoms with van der Waals surface area (Å²) >= 11 is 0. The Bertz CT molecular complexity index is 204. The van der Waals surface area contributed by atoms with Gasteiger partial charge in [0.25, 0.3) is 0 Å². The SMILES string of the molecule is C[C@@H]1C2OC(C)(C)O[C@@H]2O[C@@H]1CO. The van der Waals surface area contributed by atoms with E-state index in [4.69, 9.17) is 19.3 Å². The highest BCUT2D eigenvalue weighted by atomic mass is 16.8. The predicted molar refractivity (Wildman–Crippen MR) is 44.9 cm³/mol. The number of aliphatic hydroxyl groups excluding tert-OH is 1. The van der Waals surface area contributed by atoms with Gasteiger partial charge in [-0.1, -0.05) is 6.92 Å². The van der Waals surface area contributed by atoms with Crippen molar-refractivity contribution in [3.63, 3.8) is 0 Å². The number of rotatable bonds is 1. The molecular weight excluding hydrogens is 172 g/mol. The zero-order valence-corrected chi connectivity index (χ0v) is 8.19. The summed E-state index contributed by atoms with van der Waals surface area (Å²) in [5.74, 6) is -0.360. The molecule has 0 aromatic heterocycles. The van der Waals surface area contributed by atoms with Crippen LogP contribution in [0.1, 0.15) is 20.8 Å². The molecule has 0 spiro atoms. The maximum atomic E-state index is 8.99. The largest absolute Gasteiger partial charge is 0.394 e. The first-order valence-electron chi connectivity index (χ1n) is 4.65. The molecule has 0 aliphatic carbocycles. The van der Waals surface area contributed by atoms with Crippen molar-refractivity contribution in [3.8, 4) is 0 Å². The average molecular weight is 188 g/mol. The van der Waals surface area contributed by atoms with Gasteiger partial charge in [-0.25, -0.2) is 0 Å². The first kappa shape index (κ1) is 9.40. The van der Waals surface area contributed by atoms with Crippen molar-refractivity contribution in [1.29, 1.82) is 0 Å². The molecule has 1 unspecified atom stereocenters. The molecule has 1 N–H and O–H groups in total. The second kappa shape index (κ2) is 2.92. The van der Waals surface area contributed by atoms with Crippen LogP contribution in [-0.2, 0) is 14.2 Å². The average Bonchev–Trinajstić information content (AvgIpc) is 2.47. The predicted octanol–water partition coefficient (Wildman–Crippen LogP) is 0.491. The monoisotopic (exact) mass is 188 g/mol. The van der Waals surface area contributed by atoms with E-state index >= 15 is 0 Å². The van der Waals surface area contributed by atoms with Crippen LogP contribution in [-0.4, -0.2) is 36.0 Å². The molecule has 2 saturated heterocycles. The third-order valence-corrected chi connectivity index (χ3v) is 2.68. The minimum absolute atomic E-state index is 0.0291. The summed E-state index contributed by atoms with van der Waals surface area (Å²) in [6, 6.07) is 0. The van der Waals surface area contributed by atoms with E-state index in [-0.39, 0.29) is 31.0 Å². The van der Waals surface area contributed by atoms with E-state index in [1.807, 2.05) is 20.8 Å². The van der Waals surface area contributed by atoms with E-state index in [1.165, 1.54) is 0 Å². The van der Waals surface area contributed by atoms with Crippen molar-refractivity contribution in [3.05, 3.63) is 0 Å². The van der Waals surface area contributed by atoms with E-state index < -0.39 is 5.79 Å². The second-order valence-corrected chi connectivity index (χ2v) is 4.18. The Kier molecular flexibility index (Phi) is 2.11. The topological polar surface area (TPSA) is 47.9 Å². The van der Waals surface area contributed by atoms with Gasteiger partial charge in [-0.2, -0.15) is 0 Å².